The summed E-state index contributed by atoms with van der Waals surface area (Å²) in [6.45, 7) is 1.82. The number of hydrogen-bond donors (Lipinski definition) is 1. The molecule has 0 unspecified atom stereocenters. The third-order valence-electron chi connectivity index (χ3n) is 2.50. The SMILES string of the molecule is CN(C)CCn1nc(N)c2cc(I)ccc21. The number of halogens is 1. The van der Waals surface area contributed by atoms with Crippen molar-refractivity contribution >= 4 is 39.3 Å². The van der Waals surface area contributed by atoms with E-state index in [-0.39, 0.29) is 0 Å². The van der Waals surface area contributed by atoms with Gasteiger partial charge in [-0.05, 0) is 54.9 Å². The van der Waals surface area contributed by atoms with Crippen LogP contribution in [-0.4, -0.2) is 35.3 Å². The van der Waals surface area contributed by atoms with Crippen LogP contribution in [0.3, 0.4) is 0 Å². The Balaban J connectivity index is 2.39. The highest BCUT2D eigenvalue weighted by Crippen LogP contribution is 2.22. The third kappa shape index (κ3) is 2.30. The Morgan fingerprint density at radius 1 is 1.44 bits per heavy atom. The van der Waals surface area contributed by atoms with Gasteiger partial charge >= 0.3 is 0 Å². The molecule has 0 saturated carbocycles. The first-order valence-corrected chi connectivity index (χ1v) is 6.22. The highest BCUT2D eigenvalue weighted by molar-refractivity contribution is 14.1. The van der Waals surface area contributed by atoms with Crippen molar-refractivity contribution in [3.63, 3.8) is 0 Å². The number of nitrogens with two attached hydrogens (primary N) is 1. The van der Waals surface area contributed by atoms with Crippen LogP contribution in [0, 0.1) is 3.57 Å². The zero-order chi connectivity index (χ0) is 11.7. The summed E-state index contributed by atoms with van der Waals surface area (Å²) in [7, 11) is 4.11. The summed E-state index contributed by atoms with van der Waals surface area (Å²) in [5, 5.41) is 5.41. The molecule has 0 fully saturated rings. The molecule has 2 rings (SSSR count). The number of fused-ring (bicyclic) bond motifs is 1. The normalized spacial score (nSPS) is 11.5. The van der Waals surface area contributed by atoms with Gasteiger partial charge in [0, 0.05) is 15.5 Å². The van der Waals surface area contributed by atoms with Gasteiger partial charge in [-0.25, -0.2) is 0 Å². The first kappa shape index (κ1) is 11.7. The van der Waals surface area contributed by atoms with E-state index >= 15 is 0 Å². The van der Waals surface area contributed by atoms with Crippen LogP contribution in [0.15, 0.2) is 18.2 Å². The monoisotopic (exact) mass is 330 g/mol. The molecular formula is C11H15IN4. The standard InChI is InChI=1S/C11H15IN4/c1-15(2)5-6-16-10-4-3-8(12)7-9(10)11(13)14-16/h3-4,7H,5-6H2,1-2H3,(H2,13,14). The van der Waals surface area contributed by atoms with Crippen LogP contribution in [0.2, 0.25) is 0 Å². The van der Waals surface area contributed by atoms with Crippen molar-refractivity contribution in [3.05, 3.63) is 21.8 Å². The predicted octanol–water partition coefficient (Wildman–Crippen LogP) is 1.78. The lowest BCUT2D eigenvalue weighted by molar-refractivity contribution is 0.377. The van der Waals surface area contributed by atoms with Gasteiger partial charge in [0.25, 0.3) is 0 Å². The van der Waals surface area contributed by atoms with Crippen LogP contribution >= 0.6 is 22.6 Å². The van der Waals surface area contributed by atoms with Crippen LogP contribution < -0.4 is 5.73 Å². The first-order chi connectivity index (χ1) is 7.58. The molecule has 0 aliphatic heterocycles. The highest BCUT2D eigenvalue weighted by Gasteiger charge is 2.08. The molecule has 0 bridgehead atoms. The number of aromatic nitrogens is 2. The minimum atomic E-state index is 0.618. The molecule has 86 valence electrons. The van der Waals surface area contributed by atoms with Crippen LogP contribution in [0.1, 0.15) is 0 Å². The van der Waals surface area contributed by atoms with E-state index in [4.69, 9.17) is 5.73 Å². The molecule has 4 nitrogen and oxygen atoms in total. The zero-order valence-corrected chi connectivity index (χ0v) is 11.6. The van der Waals surface area contributed by atoms with Gasteiger partial charge in [0.1, 0.15) is 0 Å². The van der Waals surface area contributed by atoms with Crippen LogP contribution in [0.4, 0.5) is 5.82 Å². The summed E-state index contributed by atoms with van der Waals surface area (Å²) >= 11 is 2.28. The number of nitrogens with zero attached hydrogens (tertiary/aromatic N) is 3. The van der Waals surface area contributed by atoms with E-state index in [1.165, 1.54) is 3.57 Å². The fourth-order valence-electron chi connectivity index (χ4n) is 1.64. The van der Waals surface area contributed by atoms with Crippen molar-refractivity contribution in [1.82, 2.24) is 14.7 Å². The number of rotatable bonds is 3. The average molecular weight is 330 g/mol. The molecule has 0 radical (unpaired) electrons. The van der Waals surface area contributed by atoms with Crippen molar-refractivity contribution in [3.8, 4) is 0 Å². The van der Waals surface area contributed by atoms with Crippen molar-refractivity contribution in [2.45, 2.75) is 6.54 Å². The minimum Gasteiger partial charge on any atom is -0.382 e. The lowest BCUT2D eigenvalue weighted by Crippen LogP contribution is -2.19. The van der Waals surface area contributed by atoms with E-state index in [0.717, 1.165) is 24.0 Å². The van der Waals surface area contributed by atoms with Gasteiger partial charge in [0.05, 0.1) is 12.1 Å². The Hall–Kier alpha value is -0.820. The number of anilines is 1. The second kappa shape index (κ2) is 4.58. The maximum Gasteiger partial charge on any atom is 0.153 e. The molecule has 0 spiro atoms. The van der Waals surface area contributed by atoms with Crippen LogP contribution in [0.25, 0.3) is 10.9 Å². The molecule has 2 aromatic rings. The van der Waals surface area contributed by atoms with Crippen molar-refractivity contribution < 1.29 is 0 Å². The Morgan fingerprint density at radius 2 is 2.19 bits per heavy atom. The van der Waals surface area contributed by atoms with E-state index in [9.17, 15) is 0 Å². The summed E-state index contributed by atoms with van der Waals surface area (Å²) in [6, 6.07) is 6.23. The Morgan fingerprint density at radius 3 is 2.88 bits per heavy atom. The van der Waals surface area contributed by atoms with Gasteiger partial charge < -0.3 is 10.6 Å². The van der Waals surface area contributed by atoms with Gasteiger partial charge in [-0.1, -0.05) is 0 Å². The van der Waals surface area contributed by atoms with E-state index in [2.05, 4.69) is 64.9 Å². The quantitative estimate of drug-likeness (QED) is 0.873. The number of likely N-dealkylation sites (N-methyl/N-ethyl adjacent to an activating group) is 1. The van der Waals surface area contributed by atoms with Crippen molar-refractivity contribution in [2.75, 3.05) is 26.4 Å². The fourth-order valence-corrected chi connectivity index (χ4v) is 2.13. The van der Waals surface area contributed by atoms with E-state index < -0.39 is 0 Å². The van der Waals surface area contributed by atoms with Gasteiger partial charge in [0.15, 0.2) is 5.82 Å². The molecule has 1 aromatic heterocycles. The lowest BCUT2D eigenvalue weighted by Gasteiger charge is -2.09. The molecule has 5 heteroatoms. The highest BCUT2D eigenvalue weighted by atomic mass is 127. The molecule has 0 aliphatic carbocycles. The lowest BCUT2D eigenvalue weighted by atomic mass is 10.2. The van der Waals surface area contributed by atoms with Crippen molar-refractivity contribution in [2.24, 2.45) is 0 Å². The van der Waals surface area contributed by atoms with E-state index in [0.29, 0.717) is 5.82 Å². The maximum absolute atomic E-state index is 5.90. The van der Waals surface area contributed by atoms with E-state index in [1.807, 2.05) is 4.68 Å². The maximum atomic E-state index is 5.90. The third-order valence-corrected chi connectivity index (χ3v) is 3.17. The van der Waals surface area contributed by atoms with Gasteiger partial charge in [-0.3, -0.25) is 4.68 Å². The first-order valence-electron chi connectivity index (χ1n) is 5.14. The zero-order valence-electron chi connectivity index (χ0n) is 9.44. The predicted molar refractivity (Wildman–Crippen MR) is 75.4 cm³/mol. The molecule has 16 heavy (non-hydrogen) atoms. The number of hydrogen-bond acceptors (Lipinski definition) is 3. The summed E-state index contributed by atoms with van der Waals surface area (Å²) in [6.07, 6.45) is 0. The Bertz CT molecular complexity index is 504. The Kier molecular flexibility index (Phi) is 3.34. The summed E-state index contributed by atoms with van der Waals surface area (Å²) in [4.78, 5) is 2.14. The van der Waals surface area contributed by atoms with Crippen LogP contribution in [0.5, 0.6) is 0 Å². The average Bonchev–Trinajstić information content (AvgIpc) is 2.53. The second-order valence-corrected chi connectivity index (χ2v) is 5.32. The molecule has 1 heterocycles. The van der Waals surface area contributed by atoms with Gasteiger partial charge in [-0.15, -0.1) is 0 Å². The summed E-state index contributed by atoms with van der Waals surface area (Å²) < 4.78 is 3.16. The summed E-state index contributed by atoms with van der Waals surface area (Å²) in [5.41, 5.74) is 7.01. The second-order valence-electron chi connectivity index (χ2n) is 4.07. The number of benzene rings is 1. The van der Waals surface area contributed by atoms with Crippen LogP contribution in [-0.2, 0) is 6.54 Å². The van der Waals surface area contributed by atoms with Crippen molar-refractivity contribution in [1.29, 1.82) is 0 Å². The van der Waals surface area contributed by atoms with Gasteiger partial charge in [0.2, 0.25) is 0 Å². The largest absolute Gasteiger partial charge is 0.382 e. The fraction of sp³-hybridized carbons (Fsp3) is 0.364. The number of nitrogen functional groups attached to an aromatic ring is 1. The Labute approximate surface area is 109 Å². The molecule has 0 atom stereocenters. The molecular weight excluding hydrogens is 315 g/mol. The topological polar surface area (TPSA) is 47.1 Å². The molecule has 2 N–H and O–H groups in total. The van der Waals surface area contributed by atoms with Gasteiger partial charge in [-0.2, -0.15) is 5.10 Å². The minimum absolute atomic E-state index is 0.618. The molecule has 0 aliphatic rings. The molecule has 1 aromatic carbocycles. The summed E-state index contributed by atoms with van der Waals surface area (Å²) in [5.74, 6) is 0.618. The molecule has 0 saturated heterocycles. The van der Waals surface area contributed by atoms with E-state index in [1.54, 1.807) is 0 Å². The molecule has 0 amide bonds. The smallest absolute Gasteiger partial charge is 0.153 e.